The third-order valence-corrected chi connectivity index (χ3v) is 5.89. The van der Waals surface area contributed by atoms with E-state index in [-0.39, 0.29) is 18.0 Å². The number of ether oxygens (including phenoxy) is 2. The first-order chi connectivity index (χ1) is 15.0. The Labute approximate surface area is 180 Å². The second-order valence-corrected chi connectivity index (χ2v) is 7.70. The topological polar surface area (TPSA) is 85.5 Å². The van der Waals surface area contributed by atoms with Crippen LogP contribution in [0.15, 0.2) is 40.8 Å². The number of amides is 2. The van der Waals surface area contributed by atoms with Crippen LogP contribution < -0.4 is 15.0 Å². The van der Waals surface area contributed by atoms with Crippen LogP contribution in [0, 0.1) is 0 Å². The van der Waals surface area contributed by atoms with Gasteiger partial charge in [-0.1, -0.05) is 18.2 Å². The van der Waals surface area contributed by atoms with Crippen molar-refractivity contribution in [3.63, 3.8) is 0 Å². The van der Waals surface area contributed by atoms with E-state index in [0.717, 1.165) is 21.3 Å². The summed E-state index contributed by atoms with van der Waals surface area (Å²) >= 11 is 0. The van der Waals surface area contributed by atoms with Gasteiger partial charge >= 0.3 is 6.09 Å². The van der Waals surface area contributed by atoms with Crippen molar-refractivity contribution in [2.24, 2.45) is 0 Å². The number of nitrogens with one attached hydrogen (secondary N) is 2. The minimum Gasteiger partial charge on any atom is -0.495 e. The van der Waals surface area contributed by atoms with Gasteiger partial charge in [-0.25, -0.2) is 4.79 Å². The summed E-state index contributed by atoms with van der Waals surface area (Å²) in [5, 5.41) is 4.95. The predicted octanol–water partition coefficient (Wildman–Crippen LogP) is 2.28. The van der Waals surface area contributed by atoms with E-state index in [1.807, 2.05) is 43.3 Å². The Balaban J connectivity index is 1.47. The number of anilines is 1. The molecule has 31 heavy (non-hydrogen) atoms. The lowest BCUT2D eigenvalue weighted by Gasteiger charge is -2.34. The zero-order valence-corrected chi connectivity index (χ0v) is 18.1. The number of hydrogen-bond acceptors (Lipinski definition) is 5. The molecule has 2 N–H and O–H groups in total. The van der Waals surface area contributed by atoms with Gasteiger partial charge in [0.25, 0.3) is 5.91 Å². The zero-order chi connectivity index (χ0) is 22.0. The largest absolute Gasteiger partial charge is 0.495 e. The number of benzene rings is 2. The SMILES string of the molecule is CCOC(=O)N1CC[NH+]([C@H](C)C(=O)Nc2cc3oc4ccccc4c3cc2OC)CC1. The van der Waals surface area contributed by atoms with Crippen molar-refractivity contribution in [1.29, 1.82) is 0 Å². The number of carbonyl (C=O) groups is 2. The highest BCUT2D eigenvalue weighted by molar-refractivity contribution is 6.08. The monoisotopic (exact) mass is 426 g/mol. The molecule has 0 bridgehead atoms. The van der Waals surface area contributed by atoms with E-state index < -0.39 is 0 Å². The molecule has 0 spiro atoms. The number of methoxy groups -OCH3 is 1. The summed E-state index contributed by atoms with van der Waals surface area (Å²) in [6.07, 6.45) is -0.289. The number of hydrogen-bond donors (Lipinski definition) is 2. The fourth-order valence-electron chi connectivity index (χ4n) is 4.07. The molecule has 4 rings (SSSR count). The third-order valence-electron chi connectivity index (χ3n) is 5.89. The van der Waals surface area contributed by atoms with Crippen LogP contribution >= 0.6 is 0 Å². The fourth-order valence-corrected chi connectivity index (χ4v) is 4.07. The Bertz CT molecular complexity index is 1100. The van der Waals surface area contributed by atoms with E-state index >= 15 is 0 Å². The van der Waals surface area contributed by atoms with Crippen LogP contribution in [0.5, 0.6) is 5.75 Å². The van der Waals surface area contributed by atoms with Crippen LogP contribution in [0.4, 0.5) is 10.5 Å². The molecule has 8 nitrogen and oxygen atoms in total. The van der Waals surface area contributed by atoms with Crippen molar-refractivity contribution >= 4 is 39.6 Å². The first-order valence-electron chi connectivity index (χ1n) is 10.6. The van der Waals surface area contributed by atoms with Crippen LogP contribution in [0.3, 0.4) is 0 Å². The Kier molecular flexibility index (Phi) is 5.99. The van der Waals surface area contributed by atoms with Gasteiger partial charge in [-0.15, -0.1) is 0 Å². The molecule has 0 radical (unpaired) electrons. The molecule has 8 heteroatoms. The average Bonchev–Trinajstić information content (AvgIpc) is 3.15. The normalized spacial score (nSPS) is 15.8. The Morgan fingerprint density at radius 3 is 2.61 bits per heavy atom. The summed E-state index contributed by atoms with van der Waals surface area (Å²) < 4.78 is 16.5. The maximum atomic E-state index is 13.0. The van der Waals surface area contributed by atoms with Crippen molar-refractivity contribution in [2.75, 3.05) is 45.2 Å². The molecule has 1 saturated heterocycles. The minimum absolute atomic E-state index is 0.103. The van der Waals surface area contributed by atoms with Crippen molar-refractivity contribution in [3.05, 3.63) is 36.4 Å². The average molecular weight is 426 g/mol. The van der Waals surface area contributed by atoms with E-state index in [0.29, 0.717) is 49.8 Å². The highest BCUT2D eigenvalue weighted by Crippen LogP contribution is 2.36. The molecule has 1 aliphatic rings. The third kappa shape index (κ3) is 4.16. The van der Waals surface area contributed by atoms with Crippen LogP contribution in [0.25, 0.3) is 21.9 Å². The lowest BCUT2D eigenvalue weighted by Crippen LogP contribution is -3.19. The van der Waals surface area contributed by atoms with E-state index in [1.54, 1.807) is 18.9 Å². The smallest absolute Gasteiger partial charge is 0.410 e. The van der Waals surface area contributed by atoms with Crippen molar-refractivity contribution in [2.45, 2.75) is 19.9 Å². The molecule has 1 fully saturated rings. The number of rotatable bonds is 5. The quantitative estimate of drug-likeness (QED) is 0.654. The second-order valence-electron chi connectivity index (χ2n) is 7.70. The first kappa shape index (κ1) is 21.0. The lowest BCUT2D eigenvalue weighted by molar-refractivity contribution is -0.917. The van der Waals surface area contributed by atoms with Gasteiger partial charge in [-0.2, -0.15) is 0 Å². The number of para-hydroxylation sites is 1. The summed E-state index contributed by atoms with van der Waals surface area (Å²) in [4.78, 5) is 27.7. The van der Waals surface area contributed by atoms with E-state index in [4.69, 9.17) is 13.9 Å². The number of fused-ring (bicyclic) bond motifs is 3. The summed E-state index contributed by atoms with van der Waals surface area (Å²) in [5.41, 5.74) is 2.07. The summed E-state index contributed by atoms with van der Waals surface area (Å²) in [5.74, 6) is 0.482. The van der Waals surface area contributed by atoms with E-state index in [9.17, 15) is 9.59 Å². The molecule has 0 saturated carbocycles. The van der Waals surface area contributed by atoms with E-state index in [2.05, 4.69) is 5.32 Å². The van der Waals surface area contributed by atoms with Crippen LogP contribution in [0.1, 0.15) is 13.8 Å². The standard InChI is InChI=1S/C23H27N3O5/c1-4-30-23(28)26-11-9-25(10-12-26)15(2)22(27)24-18-14-20-17(13-21(18)29-3)16-7-5-6-8-19(16)31-20/h5-8,13-15H,4,9-12H2,1-3H3,(H,24,27)/p+1/t15-/m1/s1. The molecule has 1 atom stereocenters. The summed E-state index contributed by atoms with van der Waals surface area (Å²) in [6, 6.07) is 11.2. The Hall–Kier alpha value is -3.26. The summed E-state index contributed by atoms with van der Waals surface area (Å²) in [6.45, 7) is 6.57. The molecule has 1 aliphatic heterocycles. The number of piperazine rings is 1. The van der Waals surface area contributed by atoms with Gasteiger partial charge in [0.1, 0.15) is 16.9 Å². The van der Waals surface area contributed by atoms with Gasteiger partial charge in [-0.3, -0.25) is 9.69 Å². The number of furan rings is 1. The van der Waals surface area contributed by atoms with Gasteiger partial charge in [-0.05, 0) is 26.0 Å². The van der Waals surface area contributed by atoms with Gasteiger partial charge in [0.05, 0.1) is 45.6 Å². The number of nitrogens with zero attached hydrogens (tertiary/aromatic N) is 1. The molecule has 2 aromatic carbocycles. The molecule has 164 valence electrons. The molecule has 0 aliphatic carbocycles. The van der Waals surface area contributed by atoms with Gasteiger partial charge in [0, 0.05) is 16.8 Å². The molecule has 1 aromatic heterocycles. The van der Waals surface area contributed by atoms with Gasteiger partial charge in [0.15, 0.2) is 6.04 Å². The van der Waals surface area contributed by atoms with Gasteiger partial charge < -0.3 is 24.1 Å². The van der Waals surface area contributed by atoms with Crippen molar-refractivity contribution < 1.29 is 28.4 Å². The molecule has 3 aromatic rings. The highest BCUT2D eigenvalue weighted by atomic mass is 16.6. The summed E-state index contributed by atoms with van der Waals surface area (Å²) in [7, 11) is 1.59. The molecule has 2 heterocycles. The first-order valence-corrected chi connectivity index (χ1v) is 10.6. The molecule has 2 amide bonds. The highest BCUT2D eigenvalue weighted by Gasteiger charge is 2.31. The Morgan fingerprint density at radius 2 is 1.90 bits per heavy atom. The van der Waals surface area contributed by atoms with Crippen LogP contribution in [0.2, 0.25) is 0 Å². The van der Waals surface area contributed by atoms with E-state index in [1.165, 1.54) is 0 Å². The molecular weight excluding hydrogens is 398 g/mol. The molecule has 0 unspecified atom stereocenters. The van der Waals surface area contributed by atoms with Crippen molar-refractivity contribution in [3.8, 4) is 5.75 Å². The van der Waals surface area contributed by atoms with Crippen LogP contribution in [-0.2, 0) is 9.53 Å². The zero-order valence-electron chi connectivity index (χ0n) is 18.1. The second kappa shape index (κ2) is 8.85. The molecular formula is C23H28N3O5+. The van der Waals surface area contributed by atoms with Crippen molar-refractivity contribution in [1.82, 2.24) is 4.90 Å². The maximum Gasteiger partial charge on any atom is 0.410 e. The van der Waals surface area contributed by atoms with Gasteiger partial charge in [0.2, 0.25) is 0 Å². The predicted molar refractivity (Wildman–Crippen MR) is 118 cm³/mol. The number of carbonyl (C=O) groups excluding carboxylic acids is 2. The number of quaternary nitrogens is 1. The fraction of sp³-hybridized carbons (Fsp3) is 0.391. The lowest BCUT2D eigenvalue weighted by atomic mass is 10.1. The Morgan fingerprint density at radius 1 is 1.16 bits per heavy atom. The van der Waals surface area contributed by atoms with Crippen LogP contribution in [-0.4, -0.2) is 62.8 Å². The maximum absolute atomic E-state index is 13.0. The minimum atomic E-state index is -0.289.